The Bertz CT molecular complexity index is 177. The number of hydrogen-bond acceptors (Lipinski definition) is 2. The molecule has 0 aromatic carbocycles. The highest BCUT2D eigenvalue weighted by atomic mass is 16.4. The number of carbonyl (C=O) groups is 2. The average molecular weight is 173 g/mol. The number of carboxylic acid groups (broad SMARTS) is 1. The molecule has 0 unspecified atom stereocenters. The first kappa shape index (κ1) is 10.9. The third-order valence-corrected chi connectivity index (χ3v) is 1.83. The summed E-state index contributed by atoms with van der Waals surface area (Å²) in [6, 6.07) is 0. The Hall–Kier alpha value is -1.06. The molecular weight excluding hydrogens is 158 g/mol. The lowest BCUT2D eigenvalue weighted by Gasteiger charge is -2.31. The van der Waals surface area contributed by atoms with Crippen molar-refractivity contribution in [1.29, 1.82) is 0 Å². The molecule has 0 rings (SSSR count). The second kappa shape index (κ2) is 4.09. The van der Waals surface area contributed by atoms with E-state index in [2.05, 4.69) is 0 Å². The van der Waals surface area contributed by atoms with E-state index < -0.39 is 11.5 Å². The van der Waals surface area contributed by atoms with Crippen molar-refractivity contribution in [3.63, 3.8) is 0 Å². The van der Waals surface area contributed by atoms with Gasteiger partial charge in [-0.05, 0) is 20.3 Å². The molecule has 0 atom stereocenters. The molecule has 0 aromatic heterocycles. The molecule has 4 nitrogen and oxygen atoms in total. The maximum atomic E-state index is 10.7. The number of carbonyl (C=O) groups excluding carboxylic acids is 1. The van der Waals surface area contributed by atoms with E-state index >= 15 is 0 Å². The molecule has 0 saturated heterocycles. The molecule has 0 heterocycles. The Labute approximate surface area is 72.2 Å². The van der Waals surface area contributed by atoms with Gasteiger partial charge in [0.25, 0.3) is 0 Å². The molecular formula is C8H15NO3. The lowest BCUT2D eigenvalue weighted by atomic mass is 10.0. The van der Waals surface area contributed by atoms with Crippen LogP contribution in [0, 0.1) is 0 Å². The van der Waals surface area contributed by atoms with Gasteiger partial charge in [0.1, 0.15) is 5.54 Å². The SMILES string of the molecule is CCCN(C=O)C(C)(C)C(=O)O. The van der Waals surface area contributed by atoms with Gasteiger partial charge in [0.15, 0.2) is 0 Å². The molecule has 70 valence electrons. The summed E-state index contributed by atoms with van der Waals surface area (Å²) >= 11 is 0. The van der Waals surface area contributed by atoms with Crippen molar-refractivity contribution in [2.75, 3.05) is 6.54 Å². The number of rotatable bonds is 5. The molecule has 0 saturated carbocycles. The quantitative estimate of drug-likeness (QED) is 0.623. The lowest BCUT2D eigenvalue weighted by Crippen LogP contribution is -2.49. The Morgan fingerprint density at radius 1 is 1.58 bits per heavy atom. The second-order valence-electron chi connectivity index (χ2n) is 3.16. The standard InChI is InChI=1S/C8H15NO3/c1-4-5-9(6-10)8(2,3)7(11)12/h6H,4-5H2,1-3H3,(H,11,12). The fourth-order valence-corrected chi connectivity index (χ4v) is 0.828. The van der Waals surface area contributed by atoms with Gasteiger partial charge in [0, 0.05) is 6.54 Å². The van der Waals surface area contributed by atoms with Crippen molar-refractivity contribution < 1.29 is 14.7 Å². The molecule has 1 N–H and O–H groups in total. The zero-order valence-electron chi connectivity index (χ0n) is 7.70. The van der Waals surface area contributed by atoms with Crippen LogP contribution in [0.15, 0.2) is 0 Å². The molecule has 0 aliphatic rings. The van der Waals surface area contributed by atoms with Crippen LogP contribution in [0.4, 0.5) is 0 Å². The molecule has 0 aliphatic heterocycles. The molecule has 0 radical (unpaired) electrons. The summed E-state index contributed by atoms with van der Waals surface area (Å²) in [6.07, 6.45) is 1.34. The topological polar surface area (TPSA) is 57.6 Å². The number of aliphatic carboxylic acids is 1. The van der Waals surface area contributed by atoms with E-state index in [-0.39, 0.29) is 0 Å². The number of amides is 1. The van der Waals surface area contributed by atoms with Crippen LogP contribution in [0.1, 0.15) is 27.2 Å². The summed E-state index contributed by atoms with van der Waals surface area (Å²) in [5, 5.41) is 8.77. The monoisotopic (exact) mass is 173 g/mol. The van der Waals surface area contributed by atoms with E-state index in [0.717, 1.165) is 6.42 Å². The van der Waals surface area contributed by atoms with Crippen LogP contribution in [0.3, 0.4) is 0 Å². The first-order chi connectivity index (χ1) is 5.46. The fraction of sp³-hybridized carbons (Fsp3) is 0.750. The molecule has 4 heteroatoms. The molecule has 0 aromatic rings. The van der Waals surface area contributed by atoms with Crippen molar-refractivity contribution in [2.24, 2.45) is 0 Å². The lowest BCUT2D eigenvalue weighted by molar-refractivity contribution is -0.152. The van der Waals surface area contributed by atoms with Gasteiger partial charge in [-0.3, -0.25) is 4.79 Å². The van der Waals surface area contributed by atoms with Crippen molar-refractivity contribution in [3.8, 4) is 0 Å². The van der Waals surface area contributed by atoms with E-state index in [9.17, 15) is 9.59 Å². The van der Waals surface area contributed by atoms with Gasteiger partial charge in [-0.15, -0.1) is 0 Å². The minimum absolute atomic E-state index is 0.475. The third-order valence-electron chi connectivity index (χ3n) is 1.83. The van der Waals surface area contributed by atoms with E-state index in [1.165, 1.54) is 18.7 Å². The summed E-state index contributed by atoms with van der Waals surface area (Å²) in [5.41, 5.74) is -1.10. The summed E-state index contributed by atoms with van der Waals surface area (Å²) in [7, 11) is 0. The van der Waals surface area contributed by atoms with Gasteiger partial charge >= 0.3 is 5.97 Å². The van der Waals surface area contributed by atoms with Gasteiger partial charge in [-0.2, -0.15) is 0 Å². The van der Waals surface area contributed by atoms with E-state index in [4.69, 9.17) is 5.11 Å². The predicted octanol–water partition coefficient (Wildman–Crippen LogP) is 0.718. The normalized spacial score (nSPS) is 10.9. The average Bonchev–Trinajstić information content (AvgIpc) is 1.99. The third kappa shape index (κ3) is 2.22. The largest absolute Gasteiger partial charge is 0.480 e. The Balaban J connectivity index is 4.46. The predicted molar refractivity (Wildman–Crippen MR) is 44.8 cm³/mol. The number of carboxylic acids is 1. The summed E-state index contributed by atoms with van der Waals surface area (Å²) < 4.78 is 0. The van der Waals surface area contributed by atoms with Crippen LogP contribution in [0.5, 0.6) is 0 Å². The van der Waals surface area contributed by atoms with Gasteiger partial charge in [0.2, 0.25) is 6.41 Å². The molecule has 0 fully saturated rings. The first-order valence-electron chi connectivity index (χ1n) is 3.92. The van der Waals surface area contributed by atoms with Crippen molar-refractivity contribution in [3.05, 3.63) is 0 Å². The Morgan fingerprint density at radius 3 is 2.33 bits per heavy atom. The van der Waals surface area contributed by atoms with Gasteiger partial charge in [-0.25, -0.2) is 4.79 Å². The van der Waals surface area contributed by atoms with Gasteiger partial charge in [-0.1, -0.05) is 6.92 Å². The zero-order chi connectivity index (χ0) is 9.78. The zero-order valence-corrected chi connectivity index (χ0v) is 7.70. The second-order valence-corrected chi connectivity index (χ2v) is 3.16. The minimum atomic E-state index is -1.10. The first-order valence-corrected chi connectivity index (χ1v) is 3.92. The highest BCUT2D eigenvalue weighted by Gasteiger charge is 2.32. The van der Waals surface area contributed by atoms with Crippen LogP contribution in [-0.4, -0.2) is 34.5 Å². The Kier molecular flexibility index (Phi) is 3.73. The maximum absolute atomic E-state index is 10.7. The van der Waals surface area contributed by atoms with E-state index in [1.807, 2.05) is 6.92 Å². The van der Waals surface area contributed by atoms with Crippen LogP contribution in [-0.2, 0) is 9.59 Å². The maximum Gasteiger partial charge on any atom is 0.329 e. The highest BCUT2D eigenvalue weighted by Crippen LogP contribution is 2.12. The number of hydrogen-bond donors (Lipinski definition) is 1. The summed E-state index contributed by atoms with van der Waals surface area (Å²) in [5.74, 6) is -0.983. The van der Waals surface area contributed by atoms with Crippen LogP contribution < -0.4 is 0 Å². The van der Waals surface area contributed by atoms with Crippen LogP contribution in [0.25, 0.3) is 0 Å². The minimum Gasteiger partial charge on any atom is -0.480 e. The molecule has 0 spiro atoms. The van der Waals surface area contributed by atoms with Crippen LogP contribution >= 0.6 is 0 Å². The van der Waals surface area contributed by atoms with Crippen LogP contribution in [0.2, 0.25) is 0 Å². The van der Waals surface area contributed by atoms with Crippen molar-refractivity contribution in [1.82, 2.24) is 4.90 Å². The summed E-state index contributed by atoms with van der Waals surface area (Å²) in [4.78, 5) is 22.5. The summed E-state index contributed by atoms with van der Waals surface area (Å²) in [6.45, 7) is 5.40. The van der Waals surface area contributed by atoms with Gasteiger partial charge in [0.05, 0.1) is 0 Å². The highest BCUT2D eigenvalue weighted by molar-refractivity contribution is 5.80. The molecule has 0 bridgehead atoms. The molecule has 0 aliphatic carbocycles. The molecule has 1 amide bonds. The van der Waals surface area contributed by atoms with Crippen molar-refractivity contribution >= 4 is 12.4 Å². The molecule has 12 heavy (non-hydrogen) atoms. The van der Waals surface area contributed by atoms with E-state index in [0.29, 0.717) is 13.0 Å². The number of nitrogens with zero attached hydrogens (tertiary/aromatic N) is 1. The smallest absolute Gasteiger partial charge is 0.329 e. The van der Waals surface area contributed by atoms with Crippen molar-refractivity contribution in [2.45, 2.75) is 32.7 Å². The fourth-order valence-electron chi connectivity index (χ4n) is 0.828. The van der Waals surface area contributed by atoms with E-state index in [1.54, 1.807) is 0 Å². The Morgan fingerprint density at radius 2 is 2.08 bits per heavy atom. The van der Waals surface area contributed by atoms with Gasteiger partial charge < -0.3 is 10.0 Å².